The van der Waals surface area contributed by atoms with Crippen molar-refractivity contribution >= 4 is 33.3 Å². The van der Waals surface area contributed by atoms with Crippen LogP contribution < -0.4 is 4.90 Å². The summed E-state index contributed by atoms with van der Waals surface area (Å²) in [5.41, 5.74) is 0.777. The van der Waals surface area contributed by atoms with Gasteiger partial charge in [-0.3, -0.25) is 0 Å². The van der Waals surface area contributed by atoms with Gasteiger partial charge in [0.2, 0.25) is 0 Å². The number of anilines is 1. The summed E-state index contributed by atoms with van der Waals surface area (Å²) in [5.74, 6) is 0.734. The molecular weight excluding hydrogens is 286 g/mol. The molecule has 21 heavy (non-hydrogen) atoms. The zero-order valence-corrected chi connectivity index (χ0v) is 13.3. The average molecular weight is 305 g/mol. The molecule has 5 nitrogen and oxygen atoms in total. The first kappa shape index (κ1) is 14.3. The molecule has 0 atom stereocenters. The summed E-state index contributed by atoms with van der Waals surface area (Å²) < 4.78 is 0. The van der Waals surface area contributed by atoms with Crippen molar-refractivity contribution < 1.29 is 9.90 Å². The van der Waals surface area contributed by atoms with Gasteiger partial charge in [-0.2, -0.15) is 0 Å². The summed E-state index contributed by atoms with van der Waals surface area (Å²) in [6.45, 7) is 7.14. The van der Waals surface area contributed by atoms with Crippen LogP contribution in [0.25, 0.3) is 10.2 Å². The molecule has 1 saturated carbocycles. The molecule has 3 rings (SSSR count). The number of aromatic nitrogens is 2. The van der Waals surface area contributed by atoms with E-state index in [2.05, 4.69) is 28.7 Å². The summed E-state index contributed by atoms with van der Waals surface area (Å²) in [6, 6.07) is 0.330. The number of aryl methyl sites for hydroxylation is 1. The molecule has 1 aliphatic rings. The van der Waals surface area contributed by atoms with Gasteiger partial charge >= 0.3 is 5.97 Å². The smallest absolute Gasteiger partial charge is 0.346 e. The number of rotatable bonds is 5. The molecule has 0 aromatic carbocycles. The third-order valence-corrected chi connectivity index (χ3v) is 5.14. The summed E-state index contributed by atoms with van der Waals surface area (Å²) in [6.07, 6.45) is 4.10. The first-order valence-electron chi connectivity index (χ1n) is 7.23. The summed E-state index contributed by atoms with van der Waals surface area (Å²) >= 11 is 1.23. The van der Waals surface area contributed by atoms with Crippen LogP contribution in [0.3, 0.4) is 0 Å². The number of fused-ring (bicyclic) bond motifs is 1. The van der Waals surface area contributed by atoms with Gasteiger partial charge in [-0.15, -0.1) is 11.3 Å². The van der Waals surface area contributed by atoms with Crippen LogP contribution in [0.5, 0.6) is 0 Å². The van der Waals surface area contributed by atoms with Crippen LogP contribution in [0.2, 0.25) is 0 Å². The molecule has 0 spiro atoms. The molecule has 0 radical (unpaired) electrons. The Morgan fingerprint density at radius 2 is 2.19 bits per heavy atom. The quantitative estimate of drug-likeness (QED) is 0.918. The van der Waals surface area contributed by atoms with Gasteiger partial charge in [0, 0.05) is 12.6 Å². The van der Waals surface area contributed by atoms with Crippen molar-refractivity contribution in [3.05, 3.63) is 16.8 Å². The molecule has 1 aliphatic carbocycles. The first-order valence-corrected chi connectivity index (χ1v) is 8.04. The minimum atomic E-state index is -0.889. The molecular formula is C15H19N3O2S. The van der Waals surface area contributed by atoms with Crippen molar-refractivity contribution in [1.82, 2.24) is 9.97 Å². The van der Waals surface area contributed by atoms with Crippen LogP contribution in [0, 0.1) is 12.8 Å². The zero-order valence-electron chi connectivity index (χ0n) is 12.5. The normalized spacial score (nSPS) is 14.9. The van der Waals surface area contributed by atoms with Gasteiger partial charge in [0.05, 0.1) is 5.39 Å². The summed E-state index contributed by atoms with van der Waals surface area (Å²) in [7, 11) is 0. The van der Waals surface area contributed by atoms with Gasteiger partial charge in [0.25, 0.3) is 0 Å². The molecule has 0 saturated heterocycles. The van der Waals surface area contributed by atoms with Gasteiger partial charge in [-0.25, -0.2) is 14.8 Å². The number of thiophene rings is 1. The van der Waals surface area contributed by atoms with Crippen LogP contribution in [0.15, 0.2) is 6.33 Å². The van der Waals surface area contributed by atoms with Crippen LogP contribution in [-0.2, 0) is 0 Å². The van der Waals surface area contributed by atoms with Crippen LogP contribution in [-0.4, -0.2) is 33.6 Å². The van der Waals surface area contributed by atoms with Crippen molar-refractivity contribution in [2.75, 3.05) is 11.4 Å². The monoisotopic (exact) mass is 305 g/mol. The molecule has 0 aliphatic heterocycles. The van der Waals surface area contributed by atoms with E-state index in [1.165, 1.54) is 24.2 Å². The lowest BCUT2D eigenvalue weighted by Crippen LogP contribution is -2.33. The third-order valence-electron chi connectivity index (χ3n) is 3.95. The second-order valence-corrected chi connectivity index (χ2v) is 6.93. The van der Waals surface area contributed by atoms with Gasteiger partial charge in [0.15, 0.2) is 0 Å². The van der Waals surface area contributed by atoms with E-state index < -0.39 is 5.97 Å². The van der Waals surface area contributed by atoms with Crippen molar-refractivity contribution in [1.29, 1.82) is 0 Å². The second-order valence-electron chi connectivity index (χ2n) is 5.93. The number of carboxylic acid groups (broad SMARTS) is 1. The Morgan fingerprint density at radius 1 is 1.48 bits per heavy atom. The largest absolute Gasteiger partial charge is 0.477 e. The maximum atomic E-state index is 11.3. The Bertz CT molecular complexity index is 692. The highest BCUT2D eigenvalue weighted by molar-refractivity contribution is 7.20. The third kappa shape index (κ3) is 2.60. The Hall–Kier alpha value is -1.69. The second kappa shape index (κ2) is 5.26. The van der Waals surface area contributed by atoms with Crippen LogP contribution in [0.4, 0.5) is 5.82 Å². The van der Waals surface area contributed by atoms with Gasteiger partial charge in [-0.1, -0.05) is 0 Å². The number of hydrogen-bond donors (Lipinski definition) is 1. The minimum absolute atomic E-state index is 0.330. The van der Waals surface area contributed by atoms with Gasteiger partial charge in [-0.05, 0) is 45.1 Å². The van der Waals surface area contributed by atoms with E-state index >= 15 is 0 Å². The Morgan fingerprint density at radius 3 is 2.76 bits per heavy atom. The number of carbonyl (C=O) groups is 1. The fourth-order valence-corrected chi connectivity index (χ4v) is 3.58. The molecule has 2 heterocycles. The molecule has 112 valence electrons. The van der Waals surface area contributed by atoms with E-state index in [4.69, 9.17) is 0 Å². The Labute approximate surface area is 127 Å². The minimum Gasteiger partial charge on any atom is -0.477 e. The number of nitrogens with zero attached hydrogens (tertiary/aromatic N) is 3. The molecule has 0 bridgehead atoms. The molecule has 1 fully saturated rings. The zero-order chi connectivity index (χ0) is 15.1. The van der Waals surface area contributed by atoms with E-state index in [1.54, 1.807) is 6.33 Å². The fraction of sp³-hybridized carbons (Fsp3) is 0.533. The maximum Gasteiger partial charge on any atom is 0.346 e. The SMILES string of the molecule is Cc1c(C(=O)O)sc2ncnc(N(CC3CC3)C(C)C)c12. The molecule has 0 unspecified atom stereocenters. The average Bonchev–Trinajstić information content (AvgIpc) is 3.18. The van der Waals surface area contributed by atoms with E-state index in [0.717, 1.165) is 34.1 Å². The van der Waals surface area contributed by atoms with Gasteiger partial charge < -0.3 is 10.0 Å². The van der Waals surface area contributed by atoms with E-state index in [-0.39, 0.29) is 0 Å². The van der Waals surface area contributed by atoms with Gasteiger partial charge in [0.1, 0.15) is 21.9 Å². The Balaban J connectivity index is 2.13. The fourth-order valence-electron chi connectivity index (χ4n) is 2.60. The predicted molar refractivity (Wildman–Crippen MR) is 84.3 cm³/mol. The number of aromatic carboxylic acids is 1. The van der Waals surface area contributed by atoms with E-state index in [9.17, 15) is 9.90 Å². The van der Waals surface area contributed by atoms with Crippen molar-refractivity contribution in [3.63, 3.8) is 0 Å². The molecule has 2 aromatic heterocycles. The molecule has 0 amide bonds. The first-order chi connectivity index (χ1) is 9.99. The standard InChI is InChI=1S/C15H19N3O2S/c1-8(2)18(6-10-4-5-10)13-11-9(3)12(15(19)20)21-14(11)17-7-16-13/h7-8,10H,4-6H2,1-3H3,(H,19,20). The number of carboxylic acids is 1. The molecule has 1 N–H and O–H groups in total. The lowest BCUT2D eigenvalue weighted by Gasteiger charge is -2.28. The summed E-state index contributed by atoms with van der Waals surface area (Å²) in [4.78, 5) is 23.5. The Kier molecular flexibility index (Phi) is 3.57. The highest BCUT2D eigenvalue weighted by Gasteiger charge is 2.28. The highest BCUT2D eigenvalue weighted by atomic mass is 32.1. The topological polar surface area (TPSA) is 66.3 Å². The van der Waals surface area contributed by atoms with E-state index in [0.29, 0.717) is 10.9 Å². The number of hydrogen-bond acceptors (Lipinski definition) is 5. The van der Waals surface area contributed by atoms with Crippen molar-refractivity contribution in [2.45, 2.75) is 39.7 Å². The summed E-state index contributed by atoms with van der Waals surface area (Å²) in [5, 5.41) is 10.2. The van der Waals surface area contributed by atoms with E-state index in [1.807, 2.05) is 6.92 Å². The lowest BCUT2D eigenvalue weighted by molar-refractivity contribution is 0.0701. The van der Waals surface area contributed by atoms with Crippen molar-refractivity contribution in [3.8, 4) is 0 Å². The van der Waals surface area contributed by atoms with Crippen LogP contribution >= 0.6 is 11.3 Å². The highest BCUT2D eigenvalue weighted by Crippen LogP contribution is 2.38. The maximum absolute atomic E-state index is 11.3. The predicted octanol–water partition coefficient (Wildman–Crippen LogP) is 3.32. The molecule has 2 aromatic rings. The molecule has 6 heteroatoms. The lowest BCUT2D eigenvalue weighted by atomic mass is 10.1. The van der Waals surface area contributed by atoms with Crippen LogP contribution in [0.1, 0.15) is 41.9 Å². The van der Waals surface area contributed by atoms with Crippen molar-refractivity contribution in [2.24, 2.45) is 5.92 Å².